The second kappa shape index (κ2) is 9.12. The van der Waals surface area contributed by atoms with E-state index < -0.39 is 11.9 Å². The molecule has 0 bridgehead atoms. The summed E-state index contributed by atoms with van der Waals surface area (Å²) < 4.78 is 2.00. The molecule has 0 aliphatic carbocycles. The molecule has 168 valence electrons. The van der Waals surface area contributed by atoms with Crippen molar-refractivity contribution in [2.45, 2.75) is 32.7 Å². The van der Waals surface area contributed by atoms with Gasteiger partial charge in [0.25, 0.3) is 5.91 Å². The normalized spacial score (nSPS) is 13.7. The van der Waals surface area contributed by atoms with Crippen molar-refractivity contribution in [1.82, 2.24) is 9.55 Å². The summed E-state index contributed by atoms with van der Waals surface area (Å²) in [6, 6.07) is 11.2. The lowest BCUT2D eigenvalue weighted by Gasteiger charge is -2.08. The highest BCUT2D eigenvalue weighted by Crippen LogP contribution is 2.34. The van der Waals surface area contributed by atoms with Gasteiger partial charge in [-0.25, -0.2) is 14.6 Å². The lowest BCUT2D eigenvalue weighted by Crippen LogP contribution is -2.05. The Kier molecular flexibility index (Phi) is 6.08. The van der Waals surface area contributed by atoms with Gasteiger partial charge in [0.1, 0.15) is 5.82 Å². The number of benzene rings is 2. The van der Waals surface area contributed by atoms with E-state index in [1.165, 1.54) is 12.1 Å². The Morgan fingerprint density at radius 1 is 1.06 bits per heavy atom. The molecule has 8 nitrogen and oxygen atoms in total. The van der Waals surface area contributed by atoms with E-state index >= 15 is 0 Å². The Labute approximate surface area is 190 Å². The largest absolute Gasteiger partial charge is 0.478 e. The molecule has 0 atom stereocenters. The fraction of sp³-hybridized carbons (Fsp3) is 0.200. The first-order valence-electron chi connectivity index (χ1n) is 10.6. The number of aromatic carboxylic acids is 2. The summed E-state index contributed by atoms with van der Waals surface area (Å²) >= 11 is 0. The van der Waals surface area contributed by atoms with Gasteiger partial charge in [-0.3, -0.25) is 4.79 Å². The number of unbranched alkanes of at least 4 members (excludes halogenated alkanes) is 1. The van der Waals surface area contributed by atoms with Crippen LogP contribution < -0.4 is 5.32 Å². The van der Waals surface area contributed by atoms with Gasteiger partial charge < -0.3 is 20.1 Å². The molecule has 1 amide bonds. The quantitative estimate of drug-likeness (QED) is 0.448. The molecule has 1 aliphatic heterocycles. The number of amides is 1. The predicted molar refractivity (Wildman–Crippen MR) is 123 cm³/mol. The van der Waals surface area contributed by atoms with Crippen LogP contribution in [0.1, 0.15) is 63.1 Å². The zero-order valence-electron chi connectivity index (χ0n) is 18.0. The molecule has 3 aromatic rings. The first kappa shape index (κ1) is 22.0. The number of nitrogens with one attached hydrogen (secondary N) is 1. The third-order valence-corrected chi connectivity index (χ3v) is 5.53. The van der Waals surface area contributed by atoms with E-state index in [0.717, 1.165) is 30.7 Å². The van der Waals surface area contributed by atoms with Crippen molar-refractivity contribution in [3.8, 4) is 0 Å². The van der Waals surface area contributed by atoms with Crippen molar-refractivity contribution >= 4 is 35.2 Å². The van der Waals surface area contributed by atoms with Crippen molar-refractivity contribution in [3.63, 3.8) is 0 Å². The fourth-order valence-electron chi connectivity index (χ4n) is 3.78. The standard InChI is InChI=1S/C25H23N3O5/c1-2-3-4-22-26-18(14-28(22)13-15-5-7-16(8-6-15)24(30)31)12-20-19-11-17(25(32)33)9-10-21(19)27-23(20)29/h5-12,14H,2-4,13H2,1H3,(H,27,29)(H,30,31)(H,32,33). The summed E-state index contributed by atoms with van der Waals surface area (Å²) in [4.78, 5) is 39.7. The smallest absolute Gasteiger partial charge is 0.335 e. The van der Waals surface area contributed by atoms with Crippen molar-refractivity contribution in [2.24, 2.45) is 0 Å². The maximum absolute atomic E-state index is 12.5. The van der Waals surface area contributed by atoms with Crippen molar-refractivity contribution in [3.05, 3.63) is 82.4 Å². The minimum atomic E-state index is -1.06. The van der Waals surface area contributed by atoms with Gasteiger partial charge in [-0.1, -0.05) is 25.5 Å². The number of aryl methyl sites for hydroxylation is 1. The van der Waals surface area contributed by atoms with Crippen LogP contribution in [0.3, 0.4) is 0 Å². The number of carbonyl (C=O) groups excluding carboxylic acids is 1. The predicted octanol–water partition coefficient (Wildman–Crippen LogP) is 4.16. The van der Waals surface area contributed by atoms with Gasteiger partial charge in [0, 0.05) is 30.4 Å². The number of hydrogen-bond donors (Lipinski definition) is 3. The van der Waals surface area contributed by atoms with Gasteiger partial charge in [-0.15, -0.1) is 0 Å². The Balaban J connectivity index is 1.68. The van der Waals surface area contributed by atoms with Crippen molar-refractivity contribution in [1.29, 1.82) is 0 Å². The van der Waals surface area contributed by atoms with Crippen LogP contribution in [0.2, 0.25) is 0 Å². The average molecular weight is 445 g/mol. The Bertz CT molecular complexity index is 1270. The second-order valence-electron chi connectivity index (χ2n) is 7.89. The number of anilines is 1. The third-order valence-electron chi connectivity index (χ3n) is 5.53. The molecule has 1 aromatic heterocycles. The number of imidazole rings is 1. The molecule has 33 heavy (non-hydrogen) atoms. The molecule has 2 heterocycles. The van der Waals surface area contributed by atoms with Crippen LogP contribution in [0.4, 0.5) is 5.69 Å². The topological polar surface area (TPSA) is 122 Å². The second-order valence-corrected chi connectivity index (χ2v) is 7.89. The summed E-state index contributed by atoms with van der Waals surface area (Å²) in [6.45, 7) is 2.61. The zero-order valence-corrected chi connectivity index (χ0v) is 18.0. The van der Waals surface area contributed by atoms with E-state index in [-0.39, 0.29) is 17.0 Å². The summed E-state index contributed by atoms with van der Waals surface area (Å²) in [5, 5.41) is 21.2. The summed E-state index contributed by atoms with van der Waals surface area (Å²) in [5.41, 5.74) is 3.34. The fourth-order valence-corrected chi connectivity index (χ4v) is 3.78. The number of carboxylic acid groups (broad SMARTS) is 2. The number of rotatable bonds is 8. The van der Waals surface area contributed by atoms with Gasteiger partial charge in [0.05, 0.1) is 22.4 Å². The molecule has 0 spiro atoms. The van der Waals surface area contributed by atoms with Crippen molar-refractivity contribution in [2.75, 3.05) is 5.32 Å². The molecular weight excluding hydrogens is 422 g/mol. The van der Waals surface area contributed by atoms with Gasteiger partial charge in [0.15, 0.2) is 0 Å². The Morgan fingerprint density at radius 3 is 2.42 bits per heavy atom. The van der Waals surface area contributed by atoms with Crippen LogP contribution in [-0.2, 0) is 17.8 Å². The van der Waals surface area contributed by atoms with Crippen molar-refractivity contribution < 1.29 is 24.6 Å². The van der Waals surface area contributed by atoms with E-state index in [9.17, 15) is 19.5 Å². The molecule has 0 fully saturated rings. The van der Waals surface area contributed by atoms with E-state index in [2.05, 4.69) is 12.2 Å². The van der Waals surface area contributed by atoms with Crippen LogP contribution in [-0.4, -0.2) is 37.6 Å². The van der Waals surface area contributed by atoms with Crippen LogP contribution in [0.15, 0.2) is 48.7 Å². The highest BCUT2D eigenvalue weighted by molar-refractivity contribution is 6.35. The number of hydrogen-bond acceptors (Lipinski definition) is 4. The number of carboxylic acids is 2. The number of fused-ring (bicyclic) bond motifs is 1. The van der Waals surface area contributed by atoms with E-state index in [1.807, 2.05) is 10.8 Å². The monoisotopic (exact) mass is 445 g/mol. The highest BCUT2D eigenvalue weighted by Gasteiger charge is 2.25. The Morgan fingerprint density at radius 2 is 1.76 bits per heavy atom. The first-order valence-corrected chi connectivity index (χ1v) is 10.6. The van der Waals surface area contributed by atoms with Crippen LogP contribution >= 0.6 is 0 Å². The third kappa shape index (κ3) is 4.69. The maximum atomic E-state index is 12.5. The molecule has 1 aliphatic rings. The minimum Gasteiger partial charge on any atom is -0.478 e. The van der Waals surface area contributed by atoms with Crippen LogP contribution in [0.5, 0.6) is 0 Å². The van der Waals surface area contributed by atoms with Crippen LogP contribution in [0.25, 0.3) is 11.6 Å². The van der Waals surface area contributed by atoms with E-state index in [1.54, 1.807) is 36.4 Å². The first-order chi connectivity index (χ1) is 15.9. The average Bonchev–Trinajstić information content (AvgIpc) is 3.32. The van der Waals surface area contributed by atoms with E-state index in [0.29, 0.717) is 29.1 Å². The minimum absolute atomic E-state index is 0.107. The zero-order chi connectivity index (χ0) is 23.5. The summed E-state index contributed by atoms with van der Waals surface area (Å²) in [6.07, 6.45) is 6.25. The van der Waals surface area contributed by atoms with Gasteiger partial charge in [-0.2, -0.15) is 0 Å². The molecule has 4 rings (SSSR count). The van der Waals surface area contributed by atoms with Gasteiger partial charge >= 0.3 is 11.9 Å². The van der Waals surface area contributed by atoms with Gasteiger partial charge in [0.2, 0.25) is 0 Å². The van der Waals surface area contributed by atoms with Crippen LogP contribution in [0, 0.1) is 0 Å². The number of aromatic nitrogens is 2. The molecule has 2 aromatic carbocycles. The highest BCUT2D eigenvalue weighted by atomic mass is 16.4. The van der Waals surface area contributed by atoms with E-state index in [4.69, 9.17) is 10.1 Å². The SMILES string of the molecule is CCCCc1nc(C=C2C(=O)Nc3ccc(C(=O)O)cc32)cn1Cc1ccc(C(=O)O)cc1. The number of nitrogens with zero attached hydrogens (tertiary/aromatic N) is 2. The molecular formula is C25H23N3O5. The van der Waals surface area contributed by atoms with Gasteiger partial charge in [-0.05, 0) is 48.4 Å². The summed E-state index contributed by atoms with van der Waals surface area (Å²) in [7, 11) is 0. The molecule has 3 N–H and O–H groups in total. The molecule has 8 heteroatoms. The lowest BCUT2D eigenvalue weighted by molar-refractivity contribution is -0.110. The molecule has 0 saturated carbocycles. The molecule has 0 unspecified atom stereocenters. The number of carbonyl (C=O) groups is 3. The Hall–Kier alpha value is -4.20. The summed E-state index contributed by atoms with van der Waals surface area (Å²) in [5.74, 6) is -1.47. The maximum Gasteiger partial charge on any atom is 0.335 e. The molecule has 0 radical (unpaired) electrons. The lowest BCUT2D eigenvalue weighted by atomic mass is 10.0. The molecule has 0 saturated heterocycles.